The lowest BCUT2D eigenvalue weighted by atomic mass is 10.3. The van der Waals surface area contributed by atoms with Crippen LogP contribution < -0.4 is 10.6 Å². The van der Waals surface area contributed by atoms with Gasteiger partial charge in [0.05, 0.1) is 17.4 Å². The van der Waals surface area contributed by atoms with Gasteiger partial charge in [-0.1, -0.05) is 11.8 Å². The molecule has 31 heavy (non-hydrogen) atoms. The quantitative estimate of drug-likeness (QED) is 0.494. The lowest BCUT2D eigenvalue weighted by Crippen LogP contribution is -2.23. The Hall–Kier alpha value is -2.79. The summed E-state index contributed by atoms with van der Waals surface area (Å²) in [4.78, 5) is 30.3. The highest BCUT2D eigenvalue weighted by Crippen LogP contribution is 2.26. The number of nitrogens with one attached hydrogen (secondary N) is 2. The third kappa shape index (κ3) is 5.88. The van der Waals surface area contributed by atoms with E-state index in [-0.39, 0.29) is 24.1 Å². The molecule has 2 amide bonds. The van der Waals surface area contributed by atoms with Crippen LogP contribution in [0.1, 0.15) is 30.2 Å². The molecule has 0 aliphatic heterocycles. The highest BCUT2D eigenvalue weighted by atomic mass is 32.2. The Bertz CT molecular complexity index is 1060. The molecule has 0 spiro atoms. The molecule has 1 aromatic carbocycles. The van der Waals surface area contributed by atoms with E-state index in [9.17, 15) is 14.0 Å². The first-order chi connectivity index (χ1) is 14.8. The van der Waals surface area contributed by atoms with Crippen LogP contribution in [0.2, 0.25) is 0 Å². The number of nitrogens with zero attached hydrogens (tertiary/aromatic N) is 4. The summed E-state index contributed by atoms with van der Waals surface area (Å²) in [5.74, 6) is -0.349. The van der Waals surface area contributed by atoms with Crippen molar-refractivity contribution in [1.29, 1.82) is 0 Å². The summed E-state index contributed by atoms with van der Waals surface area (Å²) in [5.41, 5.74) is 1.40. The lowest BCUT2D eigenvalue weighted by molar-refractivity contribution is -0.116. The Morgan fingerprint density at radius 2 is 1.90 bits per heavy atom. The molecule has 1 unspecified atom stereocenters. The molecule has 3 aromatic rings. The SMILES string of the molecule is CCn1c(CC(=O)Nc2ccc(F)cc2)nnc1SC(C)C(=O)Nc1nc(C)c(C)s1. The molecule has 11 heteroatoms. The van der Waals surface area contributed by atoms with Crippen molar-refractivity contribution in [3.63, 3.8) is 0 Å². The number of benzene rings is 1. The number of halogens is 1. The van der Waals surface area contributed by atoms with Crippen molar-refractivity contribution in [1.82, 2.24) is 19.7 Å². The Labute approximate surface area is 187 Å². The van der Waals surface area contributed by atoms with Crippen LogP contribution in [-0.2, 0) is 22.6 Å². The van der Waals surface area contributed by atoms with Crippen LogP contribution in [0.15, 0.2) is 29.4 Å². The largest absolute Gasteiger partial charge is 0.326 e. The van der Waals surface area contributed by atoms with E-state index in [1.54, 1.807) is 11.5 Å². The van der Waals surface area contributed by atoms with E-state index in [0.717, 1.165) is 10.6 Å². The van der Waals surface area contributed by atoms with Crippen LogP contribution in [0.4, 0.5) is 15.2 Å². The number of anilines is 2. The second-order valence-corrected chi connectivity index (χ2v) is 9.30. The second-order valence-electron chi connectivity index (χ2n) is 6.78. The molecule has 8 nitrogen and oxygen atoms in total. The summed E-state index contributed by atoms with van der Waals surface area (Å²) in [5, 5.41) is 14.5. The molecule has 0 fully saturated rings. The molecule has 0 radical (unpaired) electrons. The maximum atomic E-state index is 13.0. The topological polar surface area (TPSA) is 102 Å². The average molecular weight is 463 g/mol. The van der Waals surface area contributed by atoms with Crippen molar-refractivity contribution in [2.24, 2.45) is 0 Å². The number of aromatic nitrogens is 4. The summed E-state index contributed by atoms with van der Waals surface area (Å²) in [7, 11) is 0. The van der Waals surface area contributed by atoms with Crippen molar-refractivity contribution >= 4 is 45.7 Å². The minimum atomic E-state index is -0.431. The number of thioether (sulfide) groups is 1. The number of aryl methyl sites for hydroxylation is 2. The smallest absolute Gasteiger partial charge is 0.239 e. The van der Waals surface area contributed by atoms with Gasteiger partial charge in [-0.25, -0.2) is 9.37 Å². The van der Waals surface area contributed by atoms with E-state index in [1.165, 1.54) is 47.4 Å². The number of hydrogen-bond acceptors (Lipinski definition) is 7. The summed E-state index contributed by atoms with van der Waals surface area (Å²) in [6.45, 7) is 8.10. The first-order valence-electron chi connectivity index (χ1n) is 9.65. The summed E-state index contributed by atoms with van der Waals surface area (Å²) in [6, 6.07) is 5.54. The van der Waals surface area contributed by atoms with Gasteiger partial charge in [0.1, 0.15) is 11.6 Å². The molecule has 0 aliphatic rings. The van der Waals surface area contributed by atoms with Crippen LogP contribution in [-0.4, -0.2) is 36.8 Å². The Morgan fingerprint density at radius 3 is 2.52 bits per heavy atom. The molecule has 0 saturated carbocycles. The van der Waals surface area contributed by atoms with Crippen LogP contribution >= 0.6 is 23.1 Å². The zero-order valence-corrected chi connectivity index (χ0v) is 19.2. The van der Waals surface area contributed by atoms with E-state index >= 15 is 0 Å². The van der Waals surface area contributed by atoms with Crippen molar-refractivity contribution < 1.29 is 14.0 Å². The fourth-order valence-electron chi connectivity index (χ4n) is 2.68. The number of hydrogen-bond donors (Lipinski definition) is 2. The van der Waals surface area contributed by atoms with Gasteiger partial charge in [-0.15, -0.1) is 21.5 Å². The average Bonchev–Trinajstić information content (AvgIpc) is 3.25. The van der Waals surface area contributed by atoms with Gasteiger partial charge >= 0.3 is 0 Å². The normalized spacial score (nSPS) is 11.9. The fourth-order valence-corrected chi connectivity index (χ4v) is 4.43. The van der Waals surface area contributed by atoms with Crippen molar-refractivity contribution in [3.05, 3.63) is 46.5 Å². The van der Waals surface area contributed by atoms with Crippen LogP contribution in [0, 0.1) is 19.7 Å². The molecular weight excluding hydrogens is 439 g/mol. The molecule has 0 bridgehead atoms. The number of rotatable bonds is 8. The highest BCUT2D eigenvalue weighted by molar-refractivity contribution is 8.00. The van der Waals surface area contributed by atoms with Gasteiger partial charge in [-0.3, -0.25) is 9.59 Å². The maximum Gasteiger partial charge on any atom is 0.239 e. The first kappa shape index (κ1) is 22.9. The van der Waals surface area contributed by atoms with Crippen LogP contribution in [0.5, 0.6) is 0 Å². The fraction of sp³-hybridized carbons (Fsp3) is 0.350. The van der Waals surface area contributed by atoms with Crippen molar-refractivity contribution in [3.8, 4) is 0 Å². The number of carbonyl (C=O) groups excluding carboxylic acids is 2. The lowest BCUT2D eigenvalue weighted by Gasteiger charge is -2.11. The minimum Gasteiger partial charge on any atom is -0.326 e. The predicted octanol–water partition coefficient (Wildman–Crippen LogP) is 3.81. The number of carbonyl (C=O) groups is 2. The maximum absolute atomic E-state index is 13.0. The molecule has 164 valence electrons. The Kier molecular flexibility index (Phi) is 7.39. The van der Waals surface area contributed by atoms with E-state index in [4.69, 9.17) is 0 Å². The summed E-state index contributed by atoms with van der Waals surface area (Å²) < 4.78 is 14.8. The van der Waals surface area contributed by atoms with Gasteiger partial charge in [-0.2, -0.15) is 0 Å². The third-order valence-electron chi connectivity index (χ3n) is 4.47. The molecule has 0 saturated heterocycles. The molecule has 2 N–H and O–H groups in total. The van der Waals surface area contributed by atoms with Gasteiger partial charge in [0.25, 0.3) is 0 Å². The highest BCUT2D eigenvalue weighted by Gasteiger charge is 2.21. The zero-order chi connectivity index (χ0) is 22.5. The number of thiazole rings is 1. The standard InChI is InChI=1S/C20H23FN6O2S2/c1-5-27-16(10-17(28)23-15-8-6-14(21)7-9-15)25-26-20(27)31-13(4)18(29)24-19-22-11(2)12(3)30-19/h6-9,13H,5,10H2,1-4H3,(H,23,28)(H,22,24,29). The van der Waals surface area contributed by atoms with Gasteiger partial charge in [0.2, 0.25) is 11.8 Å². The minimum absolute atomic E-state index is 0.0109. The molecule has 0 aliphatic carbocycles. The molecule has 2 aromatic heterocycles. The summed E-state index contributed by atoms with van der Waals surface area (Å²) >= 11 is 2.70. The molecule has 2 heterocycles. The Morgan fingerprint density at radius 1 is 1.19 bits per heavy atom. The second kappa shape index (κ2) is 10.0. The van der Waals surface area contributed by atoms with E-state index < -0.39 is 5.25 Å². The van der Waals surface area contributed by atoms with E-state index in [0.29, 0.717) is 28.3 Å². The van der Waals surface area contributed by atoms with E-state index in [2.05, 4.69) is 25.8 Å². The summed E-state index contributed by atoms with van der Waals surface area (Å²) in [6.07, 6.45) is 0.0109. The van der Waals surface area contributed by atoms with Crippen molar-refractivity contribution in [2.45, 2.75) is 51.1 Å². The molecular formula is C20H23FN6O2S2. The van der Waals surface area contributed by atoms with Gasteiger partial charge in [-0.05, 0) is 52.0 Å². The number of amides is 2. The Balaban J connectivity index is 1.62. The third-order valence-corrected chi connectivity index (χ3v) is 6.54. The van der Waals surface area contributed by atoms with Crippen molar-refractivity contribution in [2.75, 3.05) is 10.6 Å². The van der Waals surface area contributed by atoms with Crippen LogP contribution in [0.3, 0.4) is 0 Å². The molecule has 1 atom stereocenters. The first-order valence-corrected chi connectivity index (χ1v) is 11.4. The van der Waals surface area contributed by atoms with Crippen LogP contribution in [0.25, 0.3) is 0 Å². The molecule has 3 rings (SSSR count). The van der Waals surface area contributed by atoms with Gasteiger partial charge in [0.15, 0.2) is 10.3 Å². The van der Waals surface area contributed by atoms with E-state index in [1.807, 2.05) is 20.8 Å². The van der Waals surface area contributed by atoms with Gasteiger partial charge < -0.3 is 15.2 Å². The predicted molar refractivity (Wildman–Crippen MR) is 120 cm³/mol. The monoisotopic (exact) mass is 462 g/mol. The van der Waals surface area contributed by atoms with Gasteiger partial charge in [0, 0.05) is 17.1 Å². The zero-order valence-electron chi connectivity index (χ0n) is 17.6.